The van der Waals surface area contributed by atoms with Gasteiger partial charge in [-0.1, -0.05) is 49.4 Å². The number of amides is 2. The Hall–Kier alpha value is -2.07. The largest absolute Gasteiger partial charge is 0.331 e. The van der Waals surface area contributed by atoms with E-state index in [1.807, 2.05) is 11.9 Å². The maximum Gasteiger partial charge on any atom is 0.317 e. The van der Waals surface area contributed by atoms with E-state index in [0.717, 1.165) is 32.4 Å². The predicted octanol–water partition coefficient (Wildman–Crippen LogP) is 4.03. The SMILES string of the molecule is CCC(NC(=O)N(C)C1CCN(C)CC1)c1cccc2ccccc12. The van der Waals surface area contributed by atoms with Crippen LogP contribution in [0.2, 0.25) is 0 Å². The zero-order chi connectivity index (χ0) is 17.8. The van der Waals surface area contributed by atoms with Crippen LogP contribution in [0.5, 0.6) is 0 Å². The number of nitrogens with one attached hydrogen (secondary N) is 1. The first-order valence-electron chi connectivity index (χ1n) is 9.29. The first kappa shape index (κ1) is 17.7. The molecule has 1 heterocycles. The quantitative estimate of drug-likeness (QED) is 0.913. The molecule has 0 radical (unpaired) electrons. The molecule has 0 saturated carbocycles. The van der Waals surface area contributed by atoms with Crippen LogP contribution < -0.4 is 5.32 Å². The van der Waals surface area contributed by atoms with Crippen LogP contribution in [0, 0.1) is 0 Å². The Morgan fingerprint density at radius 3 is 2.60 bits per heavy atom. The zero-order valence-corrected chi connectivity index (χ0v) is 15.5. The van der Waals surface area contributed by atoms with E-state index in [2.05, 4.69) is 66.7 Å². The average Bonchev–Trinajstić information content (AvgIpc) is 2.65. The molecule has 0 spiro atoms. The number of hydrogen-bond donors (Lipinski definition) is 1. The molecule has 2 aromatic carbocycles. The fourth-order valence-corrected chi connectivity index (χ4v) is 3.75. The summed E-state index contributed by atoms with van der Waals surface area (Å²) in [4.78, 5) is 17.0. The fourth-order valence-electron chi connectivity index (χ4n) is 3.75. The number of urea groups is 1. The number of hydrogen-bond acceptors (Lipinski definition) is 2. The fraction of sp³-hybridized carbons (Fsp3) is 0.476. The molecule has 1 unspecified atom stereocenters. The van der Waals surface area contributed by atoms with Gasteiger partial charge >= 0.3 is 6.03 Å². The Labute approximate surface area is 150 Å². The van der Waals surface area contributed by atoms with Gasteiger partial charge in [0.15, 0.2) is 0 Å². The van der Waals surface area contributed by atoms with Crippen LogP contribution in [0.1, 0.15) is 37.8 Å². The van der Waals surface area contributed by atoms with Gasteiger partial charge in [0.2, 0.25) is 0 Å². The van der Waals surface area contributed by atoms with Gasteiger partial charge in [0.25, 0.3) is 0 Å². The van der Waals surface area contributed by atoms with Crippen molar-refractivity contribution in [2.24, 2.45) is 0 Å². The highest BCUT2D eigenvalue weighted by Crippen LogP contribution is 2.26. The zero-order valence-electron chi connectivity index (χ0n) is 15.5. The second-order valence-corrected chi connectivity index (χ2v) is 7.12. The average molecular weight is 339 g/mol. The van der Waals surface area contributed by atoms with Crippen LogP contribution in [0.4, 0.5) is 4.79 Å². The molecule has 134 valence electrons. The van der Waals surface area contributed by atoms with Gasteiger partial charge in [-0.25, -0.2) is 4.79 Å². The molecule has 0 aliphatic carbocycles. The van der Waals surface area contributed by atoms with Gasteiger partial charge in [0, 0.05) is 13.1 Å². The molecular weight excluding hydrogens is 310 g/mol. The molecule has 0 bridgehead atoms. The van der Waals surface area contributed by atoms with Gasteiger partial charge in [0.1, 0.15) is 0 Å². The molecular formula is C21H29N3O. The van der Waals surface area contributed by atoms with Crippen molar-refractivity contribution < 1.29 is 4.79 Å². The van der Waals surface area contributed by atoms with Gasteiger partial charge in [0.05, 0.1) is 6.04 Å². The molecule has 3 rings (SSSR count). The predicted molar refractivity (Wildman–Crippen MR) is 104 cm³/mol. The highest BCUT2D eigenvalue weighted by atomic mass is 16.2. The molecule has 1 atom stereocenters. The minimum absolute atomic E-state index is 0.0346. The number of benzene rings is 2. The maximum atomic E-state index is 12.8. The third-order valence-electron chi connectivity index (χ3n) is 5.46. The lowest BCUT2D eigenvalue weighted by Gasteiger charge is -2.36. The third-order valence-corrected chi connectivity index (χ3v) is 5.46. The summed E-state index contributed by atoms with van der Waals surface area (Å²) in [6.45, 7) is 4.24. The lowest BCUT2D eigenvalue weighted by atomic mass is 9.97. The monoisotopic (exact) mass is 339 g/mol. The maximum absolute atomic E-state index is 12.8. The number of carbonyl (C=O) groups is 1. The van der Waals surface area contributed by atoms with E-state index in [1.54, 1.807) is 0 Å². The number of fused-ring (bicyclic) bond motifs is 1. The Kier molecular flexibility index (Phi) is 5.59. The Morgan fingerprint density at radius 2 is 1.88 bits per heavy atom. The van der Waals surface area contributed by atoms with Crippen molar-refractivity contribution in [3.05, 3.63) is 48.0 Å². The molecule has 2 amide bonds. The second kappa shape index (κ2) is 7.87. The third kappa shape index (κ3) is 3.96. The smallest absolute Gasteiger partial charge is 0.317 e. The van der Waals surface area contributed by atoms with Gasteiger partial charge in [-0.2, -0.15) is 0 Å². The number of carbonyl (C=O) groups excluding carboxylic acids is 1. The standard InChI is InChI=1S/C21H29N3O/c1-4-20(19-11-7-9-16-8-5-6-10-18(16)19)22-21(25)24(3)17-12-14-23(2)15-13-17/h5-11,17,20H,4,12-15H2,1-3H3,(H,22,25). The molecule has 1 aliphatic heterocycles. The summed E-state index contributed by atoms with van der Waals surface area (Å²) < 4.78 is 0. The van der Waals surface area contributed by atoms with Gasteiger partial charge in [-0.3, -0.25) is 0 Å². The molecule has 2 aromatic rings. The summed E-state index contributed by atoms with van der Waals surface area (Å²) in [5.74, 6) is 0. The lowest BCUT2D eigenvalue weighted by molar-refractivity contribution is 0.145. The van der Waals surface area contributed by atoms with Crippen LogP contribution in [0.25, 0.3) is 10.8 Å². The molecule has 4 nitrogen and oxygen atoms in total. The molecule has 25 heavy (non-hydrogen) atoms. The van der Waals surface area contributed by atoms with Gasteiger partial charge in [-0.05, 0) is 55.7 Å². The first-order chi connectivity index (χ1) is 12.1. The summed E-state index contributed by atoms with van der Waals surface area (Å²) >= 11 is 0. The van der Waals surface area contributed by atoms with Crippen molar-refractivity contribution in [1.29, 1.82) is 0 Å². The summed E-state index contributed by atoms with van der Waals surface area (Å²) in [6, 6.07) is 15.1. The Balaban J connectivity index is 1.74. The molecule has 1 aliphatic rings. The van der Waals surface area contributed by atoms with Crippen LogP contribution in [0.15, 0.2) is 42.5 Å². The van der Waals surface area contributed by atoms with E-state index in [4.69, 9.17) is 0 Å². The van der Waals surface area contributed by atoms with Crippen molar-refractivity contribution >= 4 is 16.8 Å². The van der Waals surface area contributed by atoms with Crippen molar-refractivity contribution in [2.75, 3.05) is 27.2 Å². The minimum Gasteiger partial charge on any atom is -0.331 e. The molecule has 1 saturated heterocycles. The highest BCUT2D eigenvalue weighted by molar-refractivity contribution is 5.86. The number of likely N-dealkylation sites (tertiary alicyclic amines) is 1. The Bertz CT molecular complexity index is 717. The topological polar surface area (TPSA) is 35.6 Å². The summed E-state index contributed by atoms with van der Waals surface area (Å²) in [5, 5.41) is 5.70. The first-order valence-corrected chi connectivity index (χ1v) is 9.29. The van der Waals surface area contributed by atoms with Crippen LogP contribution in [0.3, 0.4) is 0 Å². The van der Waals surface area contributed by atoms with E-state index in [0.29, 0.717) is 6.04 Å². The van der Waals surface area contributed by atoms with Gasteiger partial charge in [-0.15, -0.1) is 0 Å². The number of rotatable bonds is 4. The van der Waals surface area contributed by atoms with Crippen LogP contribution in [-0.2, 0) is 0 Å². The summed E-state index contributed by atoms with van der Waals surface area (Å²) in [5.41, 5.74) is 1.20. The van der Waals surface area contributed by atoms with Crippen molar-refractivity contribution in [3.8, 4) is 0 Å². The van der Waals surface area contributed by atoms with Crippen LogP contribution in [-0.4, -0.2) is 49.1 Å². The molecule has 4 heteroatoms. The normalized spacial score (nSPS) is 17.4. The second-order valence-electron chi connectivity index (χ2n) is 7.12. The van der Waals surface area contributed by atoms with E-state index < -0.39 is 0 Å². The van der Waals surface area contributed by atoms with Crippen LogP contribution >= 0.6 is 0 Å². The van der Waals surface area contributed by atoms with Gasteiger partial charge < -0.3 is 15.1 Å². The summed E-state index contributed by atoms with van der Waals surface area (Å²) in [6.07, 6.45) is 2.97. The van der Waals surface area contributed by atoms with E-state index in [1.165, 1.54) is 16.3 Å². The molecule has 1 N–H and O–H groups in total. The lowest BCUT2D eigenvalue weighted by Crippen LogP contribution is -2.48. The van der Waals surface area contributed by atoms with Crippen molar-refractivity contribution in [1.82, 2.24) is 15.1 Å². The number of nitrogens with zero attached hydrogens (tertiary/aromatic N) is 2. The van der Waals surface area contributed by atoms with Crippen molar-refractivity contribution in [3.63, 3.8) is 0 Å². The van der Waals surface area contributed by atoms with E-state index >= 15 is 0 Å². The number of piperidine rings is 1. The Morgan fingerprint density at radius 1 is 1.20 bits per heavy atom. The summed E-state index contributed by atoms with van der Waals surface area (Å²) in [7, 11) is 4.07. The molecule has 0 aromatic heterocycles. The minimum atomic E-state index is 0.0346. The van der Waals surface area contributed by atoms with E-state index in [9.17, 15) is 4.79 Å². The molecule has 1 fully saturated rings. The van der Waals surface area contributed by atoms with E-state index in [-0.39, 0.29) is 12.1 Å². The van der Waals surface area contributed by atoms with Crippen molar-refractivity contribution in [2.45, 2.75) is 38.3 Å². The highest BCUT2D eigenvalue weighted by Gasteiger charge is 2.25.